The van der Waals surface area contributed by atoms with Gasteiger partial charge in [0.2, 0.25) is 5.91 Å². The molecule has 2 amide bonds. The van der Waals surface area contributed by atoms with Crippen LogP contribution in [0.25, 0.3) is 0 Å². The molecule has 0 aliphatic carbocycles. The van der Waals surface area contributed by atoms with Crippen LogP contribution in [0.4, 0.5) is 15.8 Å². The molecule has 0 aromatic heterocycles. The predicted octanol–water partition coefficient (Wildman–Crippen LogP) is 3.74. The molecule has 2 aromatic rings. The lowest BCUT2D eigenvalue weighted by atomic mass is 9.95. The van der Waals surface area contributed by atoms with E-state index >= 15 is 0 Å². The molecule has 2 aromatic carbocycles. The van der Waals surface area contributed by atoms with E-state index in [9.17, 15) is 14.0 Å². The molecule has 0 unspecified atom stereocenters. The fourth-order valence-electron chi connectivity index (χ4n) is 2.57. The van der Waals surface area contributed by atoms with E-state index in [0.29, 0.717) is 22.7 Å². The van der Waals surface area contributed by atoms with Crippen LogP contribution in [0.5, 0.6) is 5.75 Å². The third kappa shape index (κ3) is 3.69. The Hall–Kier alpha value is -2.89. The number of ether oxygens (including phenoxy) is 1. The maximum atomic E-state index is 14.0. The number of hydrogen-bond donors (Lipinski definition) is 1. The Labute approximate surface area is 151 Å². The van der Waals surface area contributed by atoms with Gasteiger partial charge in [-0.15, -0.1) is 0 Å². The number of carbonyl (C=O) groups excluding carboxylic acids is 2. The summed E-state index contributed by atoms with van der Waals surface area (Å²) >= 11 is 0. The van der Waals surface area contributed by atoms with Gasteiger partial charge in [-0.05, 0) is 18.2 Å². The highest BCUT2D eigenvalue weighted by atomic mass is 19.1. The third-order valence-electron chi connectivity index (χ3n) is 4.13. The highest BCUT2D eigenvalue weighted by Crippen LogP contribution is 2.36. The van der Waals surface area contributed by atoms with E-state index in [1.165, 1.54) is 11.0 Å². The highest BCUT2D eigenvalue weighted by molar-refractivity contribution is 5.99. The Morgan fingerprint density at radius 1 is 1.23 bits per heavy atom. The second-order valence-electron chi connectivity index (χ2n) is 7.25. The maximum absolute atomic E-state index is 14.0. The molecule has 5 nitrogen and oxygen atoms in total. The molecule has 6 heteroatoms. The molecule has 1 aliphatic rings. The summed E-state index contributed by atoms with van der Waals surface area (Å²) in [4.78, 5) is 25.9. The van der Waals surface area contributed by atoms with Crippen molar-refractivity contribution in [2.24, 2.45) is 5.41 Å². The fourth-order valence-corrected chi connectivity index (χ4v) is 2.57. The zero-order valence-corrected chi connectivity index (χ0v) is 15.0. The van der Waals surface area contributed by atoms with Crippen molar-refractivity contribution in [2.75, 3.05) is 16.8 Å². The second-order valence-corrected chi connectivity index (χ2v) is 7.25. The molecule has 136 valence electrons. The number of rotatable bonds is 3. The molecule has 1 N–H and O–H groups in total. The number of amides is 2. The molecule has 0 bridgehead atoms. The van der Waals surface area contributed by atoms with Crippen molar-refractivity contribution < 1.29 is 18.7 Å². The average Bonchev–Trinajstić information content (AvgIpc) is 2.58. The predicted molar refractivity (Wildman–Crippen MR) is 97.6 cm³/mol. The molecule has 0 spiro atoms. The van der Waals surface area contributed by atoms with Crippen LogP contribution in [0, 0.1) is 11.2 Å². The van der Waals surface area contributed by atoms with Crippen LogP contribution in [0.3, 0.4) is 0 Å². The van der Waals surface area contributed by atoms with Gasteiger partial charge in [-0.1, -0.05) is 39.0 Å². The average molecular weight is 356 g/mol. The lowest BCUT2D eigenvalue weighted by molar-refractivity contribution is -0.123. The molecular formula is C20H21FN2O3. The molecule has 1 heterocycles. The van der Waals surface area contributed by atoms with Gasteiger partial charge in [0.1, 0.15) is 11.6 Å². The van der Waals surface area contributed by atoms with Crippen molar-refractivity contribution in [3.8, 4) is 5.75 Å². The van der Waals surface area contributed by atoms with Gasteiger partial charge < -0.3 is 15.0 Å². The van der Waals surface area contributed by atoms with Gasteiger partial charge >= 0.3 is 0 Å². The number of benzene rings is 2. The van der Waals surface area contributed by atoms with Gasteiger partial charge in [0.25, 0.3) is 5.91 Å². The summed E-state index contributed by atoms with van der Waals surface area (Å²) in [6, 6.07) is 11.4. The van der Waals surface area contributed by atoms with Crippen LogP contribution in [0.2, 0.25) is 0 Å². The molecule has 0 radical (unpaired) electrons. The zero-order valence-electron chi connectivity index (χ0n) is 15.0. The molecule has 0 saturated heterocycles. The molecule has 0 fully saturated rings. The first-order valence-corrected chi connectivity index (χ1v) is 8.38. The van der Waals surface area contributed by atoms with Crippen molar-refractivity contribution >= 4 is 23.2 Å². The third-order valence-corrected chi connectivity index (χ3v) is 4.13. The smallest absolute Gasteiger partial charge is 0.265 e. The quantitative estimate of drug-likeness (QED) is 0.911. The van der Waals surface area contributed by atoms with Gasteiger partial charge in [0, 0.05) is 22.7 Å². The highest BCUT2D eigenvalue weighted by Gasteiger charge is 2.27. The molecule has 0 atom stereocenters. The van der Waals surface area contributed by atoms with E-state index < -0.39 is 5.41 Å². The van der Waals surface area contributed by atoms with Crippen LogP contribution in [0.1, 0.15) is 26.3 Å². The van der Waals surface area contributed by atoms with E-state index in [1.54, 1.807) is 36.4 Å². The van der Waals surface area contributed by atoms with E-state index in [0.717, 1.165) is 0 Å². The number of fused-ring (bicyclic) bond motifs is 1. The first kappa shape index (κ1) is 17.9. The lowest BCUT2D eigenvalue weighted by Crippen LogP contribution is -2.38. The number of nitrogens with one attached hydrogen (secondary N) is 1. The first-order chi connectivity index (χ1) is 12.3. The van der Waals surface area contributed by atoms with Crippen LogP contribution in [-0.4, -0.2) is 18.4 Å². The fraction of sp³-hybridized carbons (Fsp3) is 0.300. The lowest BCUT2D eigenvalue weighted by Gasteiger charge is -2.30. The largest absolute Gasteiger partial charge is 0.481 e. The minimum absolute atomic E-state index is 0.118. The van der Waals surface area contributed by atoms with Gasteiger partial charge in [-0.25, -0.2) is 4.39 Å². The summed E-state index contributed by atoms with van der Waals surface area (Å²) in [6.45, 7) is 5.47. The number of halogens is 1. The normalized spacial score (nSPS) is 13.8. The summed E-state index contributed by atoms with van der Waals surface area (Å²) in [7, 11) is 0. The van der Waals surface area contributed by atoms with Crippen molar-refractivity contribution in [2.45, 2.75) is 27.3 Å². The summed E-state index contributed by atoms with van der Waals surface area (Å²) in [5, 5.41) is 2.83. The topological polar surface area (TPSA) is 58.6 Å². The van der Waals surface area contributed by atoms with Crippen LogP contribution < -0.4 is 15.0 Å². The summed E-state index contributed by atoms with van der Waals surface area (Å²) in [6.07, 6.45) is 0. The zero-order chi connectivity index (χ0) is 18.9. The van der Waals surface area contributed by atoms with E-state index in [4.69, 9.17) is 4.74 Å². The van der Waals surface area contributed by atoms with Crippen LogP contribution in [0.15, 0.2) is 42.5 Å². The Morgan fingerprint density at radius 2 is 1.96 bits per heavy atom. The summed E-state index contributed by atoms with van der Waals surface area (Å²) in [5.41, 5.74) is 1.05. The van der Waals surface area contributed by atoms with Crippen LogP contribution in [-0.2, 0) is 16.1 Å². The minimum atomic E-state index is -0.524. The molecule has 0 saturated carbocycles. The van der Waals surface area contributed by atoms with Crippen molar-refractivity contribution in [3.63, 3.8) is 0 Å². The first-order valence-electron chi connectivity index (χ1n) is 8.38. The summed E-state index contributed by atoms with van der Waals surface area (Å²) < 4.78 is 19.5. The van der Waals surface area contributed by atoms with Crippen molar-refractivity contribution in [1.29, 1.82) is 0 Å². The van der Waals surface area contributed by atoms with Crippen molar-refractivity contribution in [1.82, 2.24) is 0 Å². The van der Waals surface area contributed by atoms with Crippen molar-refractivity contribution in [3.05, 3.63) is 53.8 Å². The van der Waals surface area contributed by atoms with E-state index in [-0.39, 0.29) is 30.8 Å². The van der Waals surface area contributed by atoms with Crippen LogP contribution >= 0.6 is 0 Å². The molecule has 3 rings (SSSR count). The maximum Gasteiger partial charge on any atom is 0.265 e. The van der Waals surface area contributed by atoms with Gasteiger partial charge in [-0.3, -0.25) is 9.59 Å². The van der Waals surface area contributed by atoms with Gasteiger partial charge in [0.05, 0.1) is 12.2 Å². The Morgan fingerprint density at radius 3 is 2.65 bits per heavy atom. The number of hydrogen-bond acceptors (Lipinski definition) is 3. The van der Waals surface area contributed by atoms with E-state index in [2.05, 4.69) is 5.32 Å². The monoisotopic (exact) mass is 356 g/mol. The van der Waals surface area contributed by atoms with Gasteiger partial charge in [-0.2, -0.15) is 0 Å². The SMILES string of the molecule is CC(C)(C)C(=O)Nc1ccc2c(c1)OCC(=O)N2Cc1ccccc1F. The molecule has 1 aliphatic heterocycles. The number of carbonyl (C=O) groups is 2. The molecular weight excluding hydrogens is 335 g/mol. The summed E-state index contributed by atoms with van der Waals surface area (Å²) in [5.74, 6) is -0.241. The minimum Gasteiger partial charge on any atom is -0.481 e. The van der Waals surface area contributed by atoms with Gasteiger partial charge in [0.15, 0.2) is 6.61 Å². The molecule has 26 heavy (non-hydrogen) atoms. The van der Waals surface area contributed by atoms with E-state index in [1.807, 2.05) is 20.8 Å². The Balaban J connectivity index is 1.87. The number of anilines is 2. The Bertz CT molecular complexity index is 858. The number of nitrogens with zero attached hydrogens (tertiary/aromatic N) is 1. The second kappa shape index (κ2) is 6.78. The Kier molecular flexibility index (Phi) is 4.68. The standard InChI is InChI=1S/C20H21FN2O3/c1-20(2,3)19(25)22-14-8-9-16-17(10-14)26-12-18(24)23(16)11-13-6-4-5-7-15(13)21/h4-10H,11-12H2,1-3H3,(H,22,25).